The van der Waals surface area contributed by atoms with Crippen LogP contribution in [0.1, 0.15) is 29.9 Å². The number of rotatable bonds is 1. The molecule has 0 bridgehead atoms. The number of benzene rings is 1. The lowest BCUT2D eigenvalue weighted by Gasteiger charge is -2.23. The Morgan fingerprint density at radius 3 is 2.50 bits per heavy atom. The summed E-state index contributed by atoms with van der Waals surface area (Å²) >= 11 is 0. The van der Waals surface area contributed by atoms with E-state index in [1.54, 1.807) is 0 Å². The van der Waals surface area contributed by atoms with Gasteiger partial charge in [0.05, 0.1) is 0 Å². The molecule has 1 fully saturated rings. The Kier molecular flexibility index (Phi) is 4.43. The number of halogens is 1. The van der Waals surface area contributed by atoms with E-state index in [1.807, 2.05) is 0 Å². The second-order valence-electron chi connectivity index (χ2n) is 3.95. The number of piperidine rings is 1. The summed E-state index contributed by atoms with van der Waals surface area (Å²) in [6.07, 6.45) is 2.66. The van der Waals surface area contributed by atoms with Gasteiger partial charge in [-0.25, -0.2) is 0 Å². The molecule has 2 rings (SSSR count). The van der Waals surface area contributed by atoms with Gasteiger partial charge < -0.3 is 5.32 Å². The van der Waals surface area contributed by atoms with Crippen LogP contribution in [0.25, 0.3) is 0 Å². The zero-order valence-corrected chi connectivity index (χ0v) is 9.44. The largest absolute Gasteiger partial charge is 0.316 e. The first-order valence-corrected chi connectivity index (χ1v) is 5.13. The maximum Gasteiger partial charge on any atom is 0.00201 e. The Bertz CT molecular complexity index is 262. The fourth-order valence-corrected chi connectivity index (χ4v) is 1.97. The third-order valence-corrected chi connectivity index (χ3v) is 2.85. The summed E-state index contributed by atoms with van der Waals surface area (Å²) in [6.45, 7) is 4.49. The lowest BCUT2D eigenvalue weighted by atomic mass is 9.91. The van der Waals surface area contributed by atoms with Crippen molar-refractivity contribution in [1.29, 1.82) is 0 Å². The lowest BCUT2D eigenvalue weighted by molar-refractivity contribution is 0.461. The molecule has 0 aliphatic carbocycles. The predicted octanol–water partition coefficient (Wildman–Crippen LogP) is 2.88. The molecule has 1 saturated heterocycles. The molecule has 1 nitrogen and oxygen atoms in total. The van der Waals surface area contributed by atoms with E-state index in [0.717, 1.165) is 12.5 Å². The molecule has 0 unspecified atom stereocenters. The van der Waals surface area contributed by atoms with E-state index >= 15 is 0 Å². The molecular weight excluding hydrogens is 194 g/mol. The highest BCUT2D eigenvalue weighted by molar-refractivity contribution is 5.85. The quantitative estimate of drug-likeness (QED) is 0.754. The van der Waals surface area contributed by atoms with Crippen molar-refractivity contribution in [2.45, 2.75) is 25.7 Å². The van der Waals surface area contributed by atoms with Crippen LogP contribution in [0.15, 0.2) is 24.3 Å². The molecule has 1 aromatic rings. The van der Waals surface area contributed by atoms with Crippen molar-refractivity contribution in [2.75, 3.05) is 13.1 Å². The molecule has 1 N–H and O–H groups in total. The summed E-state index contributed by atoms with van der Waals surface area (Å²) in [5.74, 6) is 0.745. The van der Waals surface area contributed by atoms with E-state index in [0.29, 0.717) is 0 Å². The maximum atomic E-state index is 3.45. The van der Waals surface area contributed by atoms with Gasteiger partial charge in [0.2, 0.25) is 0 Å². The summed E-state index contributed by atoms with van der Waals surface area (Å²) in [4.78, 5) is 0. The molecule has 1 aliphatic rings. The van der Waals surface area contributed by atoms with Gasteiger partial charge in [0, 0.05) is 6.54 Å². The van der Waals surface area contributed by atoms with Gasteiger partial charge in [0.1, 0.15) is 0 Å². The standard InChI is InChI=1S/C12H17N.ClH/c1-10-4-6-11(7-5-10)12-3-2-8-13-9-12;/h4-7,12-13H,2-3,8-9H2,1H3;1H/t12-;/m1./s1. The van der Waals surface area contributed by atoms with Crippen LogP contribution in [0.3, 0.4) is 0 Å². The smallest absolute Gasteiger partial charge is 0.00201 e. The van der Waals surface area contributed by atoms with Crippen molar-refractivity contribution >= 4 is 12.4 Å². The van der Waals surface area contributed by atoms with Crippen molar-refractivity contribution in [1.82, 2.24) is 5.32 Å². The minimum atomic E-state index is 0. The Hall–Kier alpha value is -0.530. The number of hydrogen-bond acceptors (Lipinski definition) is 1. The molecule has 78 valence electrons. The first kappa shape index (κ1) is 11.5. The van der Waals surface area contributed by atoms with Gasteiger partial charge in [-0.1, -0.05) is 29.8 Å². The van der Waals surface area contributed by atoms with E-state index in [2.05, 4.69) is 36.5 Å². The molecule has 0 amide bonds. The van der Waals surface area contributed by atoms with Crippen molar-refractivity contribution in [2.24, 2.45) is 0 Å². The van der Waals surface area contributed by atoms with Crippen molar-refractivity contribution in [3.05, 3.63) is 35.4 Å². The summed E-state index contributed by atoms with van der Waals surface area (Å²) in [7, 11) is 0. The fourth-order valence-electron chi connectivity index (χ4n) is 1.97. The first-order chi connectivity index (χ1) is 6.36. The Labute approximate surface area is 92.3 Å². The summed E-state index contributed by atoms with van der Waals surface area (Å²) in [5, 5.41) is 3.45. The zero-order valence-electron chi connectivity index (χ0n) is 8.62. The second kappa shape index (κ2) is 5.38. The van der Waals surface area contributed by atoms with Crippen molar-refractivity contribution in [3.63, 3.8) is 0 Å². The van der Waals surface area contributed by atoms with Gasteiger partial charge in [-0.2, -0.15) is 0 Å². The van der Waals surface area contributed by atoms with E-state index in [4.69, 9.17) is 0 Å². The molecule has 1 aromatic carbocycles. The second-order valence-corrected chi connectivity index (χ2v) is 3.95. The highest BCUT2D eigenvalue weighted by Gasteiger charge is 2.13. The SMILES string of the molecule is Cc1ccc([C@@H]2CCCNC2)cc1.Cl. The molecule has 1 heterocycles. The number of nitrogens with one attached hydrogen (secondary N) is 1. The van der Waals surface area contributed by atoms with Crippen molar-refractivity contribution in [3.8, 4) is 0 Å². The fraction of sp³-hybridized carbons (Fsp3) is 0.500. The molecular formula is C12H18ClN. The van der Waals surface area contributed by atoms with Crippen molar-refractivity contribution < 1.29 is 0 Å². The Morgan fingerprint density at radius 1 is 1.21 bits per heavy atom. The normalized spacial score (nSPS) is 21.4. The number of aryl methyl sites for hydroxylation is 1. The average Bonchev–Trinajstić information content (AvgIpc) is 2.20. The van der Waals surface area contributed by atoms with Crippen LogP contribution in [0.2, 0.25) is 0 Å². The van der Waals surface area contributed by atoms with E-state index in [-0.39, 0.29) is 12.4 Å². The van der Waals surface area contributed by atoms with E-state index < -0.39 is 0 Å². The highest BCUT2D eigenvalue weighted by atomic mass is 35.5. The van der Waals surface area contributed by atoms with Gasteiger partial charge in [0.15, 0.2) is 0 Å². The average molecular weight is 212 g/mol. The molecule has 0 aromatic heterocycles. The first-order valence-electron chi connectivity index (χ1n) is 5.13. The van der Waals surface area contributed by atoms with E-state index in [9.17, 15) is 0 Å². The minimum absolute atomic E-state index is 0. The van der Waals surface area contributed by atoms with Gasteiger partial charge in [-0.3, -0.25) is 0 Å². The molecule has 14 heavy (non-hydrogen) atoms. The molecule has 1 atom stereocenters. The monoisotopic (exact) mass is 211 g/mol. The van der Waals surface area contributed by atoms with Crippen LogP contribution in [0.4, 0.5) is 0 Å². The predicted molar refractivity (Wildman–Crippen MR) is 63.3 cm³/mol. The summed E-state index contributed by atoms with van der Waals surface area (Å²) in [5.41, 5.74) is 2.85. The number of hydrogen-bond donors (Lipinski definition) is 1. The van der Waals surface area contributed by atoms with Gasteiger partial charge in [-0.05, 0) is 37.8 Å². The van der Waals surface area contributed by atoms with Gasteiger partial charge in [-0.15, -0.1) is 12.4 Å². The molecule has 1 aliphatic heterocycles. The Balaban J connectivity index is 0.000000980. The van der Waals surface area contributed by atoms with Crippen LogP contribution in [-0.2, 0) is 0 Å². The van der Waals surface area contributed by atoms with Crippen LogP contribution in [-0.4, -0.2) is 13.1 Å². The molecule has 2 heteroatoms. The maximum absolute atomic E-state index is 3.45. The van der Waals surface area contributed by atoms with Gasteiger partial charge in [0.25, 0.3) is 0 Å². The Morgan fingerprint density at radius 2 is 1.93 bits per heavy atom. The van der Waals surface area contributed by atoms with Crippen LogP contribution in [0.5, 0.6) is 0 Å². The molecule has 0 radical (unpaired) electrons. The van der Waals surface area contributed by atoms with Crippen LogP contribution >= 0.6 is 12.4 Å². The summed E-state index contributed by atoms with van der Waals surface area (Å²) < 4.78 is 0. The topological polar surface area (TPSA) is 12.0 Å². The van der Waals surface area contributed by atoms with E-state index in [1.165, 1.54) is 30.5 Å². The zero-order chi connectivity index (χ0) is 9.10. The van der Waals surface area contributed by atoms with Gasteiger partial charge >= 0.3 is 0 Å². The minimum Gasteiger partial charge on any atom is -0.316 e. The third kappa shape index (κ3) is 2.73. The van der Waals surface area contributed by atoms with Crippen LogP contribution in [0, 0.1) is 6.92 Å². The summed E-state index contributed by atoms with van der Waals surface area (Å²) in [6, 6.07) is 8.97. The highest BCUT2D eigenvalue weighted by Crippen LogP contribution is 2.22. The lowest BCUT2D eigenvalue weighted by Crippen LogP contribution is -2.28. The van der Waals surface area contributed by atoms with Crippen LogP contribution < -0.4 is 5.32 Å². The third-order valence-electron chi connectivity index (χ3n) is 2.85. The molecule has 0 spiro atoms. The molecule has 0 saturated carbocycles.